The second kappa shape index (κ2) is 9.24. The molecule has 3 nitrogen and oxygen atoms in total. The Kier molecular flexibility index (Phi) is 6.26. The van der Waals surface area contributed by atoms with Gasteiger partial charge in [0.15, 0.2) is 5.13 Å². The fourth-order valence-electron chi connectivity index (χ4n) is 3.37. The zero-order valence-electron chi connectivity index (χ0n) is 16.6. The molecule has 0 saturated heterocycles. The molecule has 30 heavy (non-hydrogen) atoms. The van der Waals surface area contributed by atoms with Gasteiger partial charge in [0.2, 0.25) is 0 Å². The van der Waals surface area contributed by atoms with Gasteiger partial charge in [-0.3, -0.25) is 10.1 Å². The zero-order valence-corrected chi connectivity index (χ0v) is 18.1. The lowest BCUT2D eigenvalue weighted by Gasteiger charge is -2.09. The number of halogens is 1. The molecule has 4 rings (SSSR count). The number of nitrogens with zero attached hydrogens (tertiary/aromatic N) is 1. The monoisotopic (exact) mass is 432 g/mol. The third-order valence-corrected chi connectivity index (χ3v) is 6.06. The lowest BCUT2D eigenvalue weighted by molar-refractivity contribution is 0.102. The molecular formula is C25H21ClN2OS. The zero-order chi connectivity index (χ0) is 20.9. The summed E-state index contributed by atoms with van der Waals surface area (Å²) in [6, 6.07) is 25.6. The Balaban J connectivity index is 1.51. The Labute approximate surface area is 185 Å². The van der Waals surface area contributed by atoms with Gasteiger partial charge in [0, 0.05) is 21.0 Å². The maximum Gasteiger partial charge on any atom is 0.257 e. The van der Waals surface area contributed by atoms with E-state index in [0.29, 0.717) is 15.7 Å². The maximum absolute atomic E-state index is 13.0. The molecule has 5 heteroatoms. The summed E-state index contributed by atoms with van der Waals surface area (Å²) in [6.45, 7) is 2.01. The molecule has 0 bridgehead atoms. The van der Waals surface area contributed by atoms with Crippen molar-refractivity contribution in [1.82, 2.24) is 4.98 Å². The van der Waals surface area contributed by atoms with Crippen LogP contribution in [0.15, 0.2) is 78.9 Å². The highest BCUT2D eigenvalue weighted by molar-refractivity contribution is 7.16. The van der Waals surface area contributed by atoms with Gasteiger partial charge < -0.3 is 0 Å². The van der Waals surface area contributed by atoms with E-state index in [9.17, 15) is 4.79 Å². The van der Waals surface area contributed by atoms with Crippen molar-refractivity contribution in [1.29, 1.82) is 0 Å². The lowest BCUT2D eigenvalue weighted by Crippen LogP contribution is -2.14. The first-order valence-corrected chi connectivity index (χ1v) is 11.0. The van der Waals surface area contributed by atoms with Crippen molar-refractivity contribution in [3.8, 4) is 11.3 Å². The molecule has 0 radical (unpaired) electrons. The highest BCUT2D eigenvalue weighted by atomic mass is 35.5. The largest absolute Gasteiger partial charge is 0.298 e. The van der Waals surface area contributed by atoms with Crippen LogP contribution in [0.1, 0.15) is 26.4 Å². The van der Waals surface area contributed by atoms with Gasteiger partial charge in [-0.2, -0.15) is 0 Å². The van der Waals surface area contributed by atoms with Gasteiger partial charge in [0.1, 0.15) is 0 Å². The number of carbonyl (C=O) groups excluding carboxylic acids is 1. The van der Waals surface area contributed by atoms with Gasteiger partial charge in [-0.1, -0.05) is 72.3 Å². The number of rotatable bonds is 6. The summed E-state index contributed by atoms with van der Waals surface area (Å²) in [7, 11) is 0. The fourth-order valence-corrected chi connectivity index (χ4v) is 4.33. The molecular weight excluding hydrogens is 412 g/mol. The van der Waals surface area contributed by atoms with Crippen molar-refractivity contribution in [2.75, 3.05) is 5.32 Å². The molecule has 150 valence electrons. The smallest absolute Gasteiger partial charge is 0.257 e. The van der Waals surface area contributed by atoms with Gasteiger partial charge in [-0.25, -0.2) is 4.98 Å². The standard InChI is InChI=1S/C25H21ClN2OS/c1-17-23(20-13-15-21(26)16-14-20)27-25(30-17)28-24(29)22-10-6-5-9-19(22)12-11-18-7-3-2-4-8-18/h2-10,13-16H,11-12H2,1H3,(H,27,28,29). The molecule has 1 N–H and O–H groups in total. The van der Waals surface area contributed by atoms with Gasteiger partial charge >= 0.3 is 0 Å². The quantitative estimate of drug-likeness (QED) is 0.363. The van der Waals surface area contributed by atoms with E-state index < -0.39 is 0 Å². The molecule has 0 aliphatic rings. The molecule has 0 aliphatic carbocycles. The number of benzene rings is 3. The Bertz CT molecular complexity index is 1150. The van der Waals surface area contributed by atoms with E-state index in [1.807, 2.05) is 73.7 Å². The number of thiazole rings is 1. The SMILES string of the molecule is Cc1sc(NC(=O)c2ccccc2CCc2ccccc2)nc1-c1ccc(Cl)cc1. The van der Waals surface area contributed by atoms with E-state index in [4.69, 9.17) is 11.6 Å². The van der Waals surface area contributed by atoms with E-state index in [0.717, 1.165) is 34.5 Å². The van der Waals surface area contributed by atoms with Crippen molar-refractivity contribution < 1.29 is 4.79 Å². The Morgan fingerprint density at radius 3 is 2.40 bits per heavy atom. The number of hydrogen-bond donors (Lipinski definition) is 1. The molecule has 0 aliphatic heterocycles. The number of carbonyl (C=O) groups is 1. The molecule has 0 spiro atoms. The molecule has 1 heterocycles. The van der Waals surface area contributed by atoms with Gasteiger partial charge in [-0.15, -0.1) is 11.3 Å². The number of nitrogens with one attached hydrogen (secondary N) is 1. The van der Waals surface area contributed by atoms with E-state index in [1.165, 1.54) is 16.9 Å². The van der Waals surface area contributed by atoms with E-state index in [-0.39, 0.29) is 5.91 Å². The summed E-state index contributed by atoms with van der Waals surface area (Å²) < 4.78 is 0. The molecule has 0 atom stereocenters. The predicted octanol–water partition coefficient (Wildman–Crippen LogP) is 6.81. The van der Waals surface area contributed by atoms with Crippen LogP contribution in [0.25, 0.3) is 11.3 Å². The summed E-state index contributed by atoms with van der Waals surface area (Å²) in [5, 5.41) is 4.27. The summed E-state index contributed by atoms with van der Waals surface area (Å²) in [4.78, 5) is 18.7. The second-order valence-corrected chi connectivity index (χ2v) is 8.67. The first-order valence-electron chi connectivity index (χ1n) is 9.77. The molecule has 4 aromatic rings. The van der Waals surface area contributed by atoms with Crippen LogP contribution in [0.5, 0.6) is 0 Å². The molecule has 3 aromatic carbocycles. The van der Waals surface area contributed by atoms with Gasteiger partial charge in [-0.05, 0) is 49.1 Å². The van der Waals surface area contributed by atoms with Crippen molar-refractivity contribution in [3.05, 3.63) is 105 Å². The number of aromatic nitrogens is 1. The fraction of sp³-hybridized carbons (Fsp3) is 0.120. The van der Waals surface area contributed by atoms with Crippen molar-refractivity contribution in [3.63, 3.8) is 0 Å². The number of aryl methyl sites for hydroxylation is 3. The van der Waals surface area contributed by atoms with Crippen LogP contribution in [0.3, 0.4) is 0 Å². The first-order chi connectivity index (χ1) is 14.6. The first kappa shape index (κ1) is 20.3. The lowest BCUT2D eigenvalue weighted by atomic mass is 9.99. The molecule has 0 unspecified atom stereocenters. The Morgan fingerprint density at radius 1 is 0.933 bits per heavy atom. The average Bonchev–Trinajstić information content (AvgIpc) is 3.13. The minimum Gasteiger partial charge on any atom is -0.298 e. The minimum absolute atomic E-state index is 0.130. The highest BCUT2D eigenvalue weighted by Crippen LogP contribution is 2.31. The third-order valence-electron chi connectivity index (χ3n) is 4.92. The summed E-state index contributed by atoms with van der Waals surface area (Å²) in [5.74, 6) is -0.130. The summed E-state index contributed by atoms with van der Waals surface area (Å²) in [6.07, 6.45) is 1.70. The van der Waals surface area contributed by atoms with Crippen LogP contribution in [0, 0.1) is 6.92 Å². The van der Waals surface area contributed by atoms with Crippen molar-refractivity contribution >= 4 is 34.0 Å². The number of anilines is 1. The number of hydrogen-bond acceptors (Lipinski definition) is 3. The summed E-state index contributed by atoms with van der Waals surface area (Å²) >= 11 is 7.46. The van der Waals surface area contributed by atoms with E-state index in [2.05, 4.69) is 22.4 Å². The second-order valence-electron chi connectivity index (χ2n) is 7.03. The van der Waals surface area contributed by atoms with Gasteiger partial charge in [0.05, 0.1) is 5.69 Å². The normalized spacial score (nSPS) is 10.7. The third kappa shape index (κ3) is 4.78. The maximum atomic E-state index is 13.0. The molecule has 1 aromatic heterocycles. The summed E-state index contributed by atoms with van der Waals surface area (Å²) in [5.41, 5.74) is 4.83. The Hall–Kier alpha value is -2.95. The van der Waals surface area contributed by atoms with Crippen molar-refractivity contribution in [2.45, 2.75) is 19.8 Å². The Morgan fingerprint density at radius 2 is 1.63 bits per heavy atom. The molecule has 0 fully saturated rings. The van der Waals surface area contributed by atoms with Crippen LogP contribution in [0.4, 0.5) is 5.13 Å². The molecule has 1 amide bonds. The van der Waals surface area contributed by atoms with Crippen LogP contribution in [0.2, 0.25) is 5.02 Å². The topological polar surface area (TPSA) is 42.0 Å². The van der Waals surface area contributed by atoms with Crippen molar-refractivity contribution in [2.24, 2.45) is 0 Å². The number of amides is 1. The van der Waals surface area contributed by atoms with Crippen LogP contribution < -0.4 is 5.32 Å². The predicted molar refractivity (Wildman–Crippen MR) is 126 cm³/mol. The average molecular weight is 433 g/mol. The van der Waals surface area contributed by atoms with E-state index >= 15 is 0 Å². The van der Waals surface area contributed by atoms with Gasteiger partial charge in [0.25, 0.3) is 5.91 Å². The van der Waals surface area contributed by atoms with Crippen LogP contribution >= 0.6 is 22.9 Å². The highest BCUT2D eigenvalue weighted by Gasteiger charge is 2.15. The molecule has 0 saturated carbocycles. The van der Waals surface area contributed by atoms with Crippen LogP contribution in [-0.4, -0.2) is 10.9 Å². The van der Waals surface area contributed by atoms with Crippen LogP contribution in [-0.2, 0) is 12.8 Å². The minimum atomic E-state index is -0.130. The van der Waals surface area contributed by atoms with E-state index in [1.54, 1.807) is 0 Å².